The molecular weight excluding hydrogens is 366 g/mol. The number of likely N-dealkylation sites (tertiary alicyclic amines) is 3. The maximum absolute atomic E-state index is 2.50. The summed E-state index contributed by atoms with van der Waals surface area (Å²) in [6.07, 6.45) is 9.89. The van der Waals surface area contributed by atoms with Gasteiger partial charge in [0, 0.05) is 12.6 Å². The first-order chi connectivity index (χ1) is 14.1. The molecular formula is C27H57N3. The minimum atomic E-state index is 0.866. The molecule has 0 amide bonds. The van der Waals surface area contributed by atoms with Crippen LogP contribution in [-0.4, -0.2) is 74.6 Å². The second-order valence-corrected chi connectivity index (χ2v) is 11.7. The van der Waals surface area contributed by atoms with E-state index in [0.717, 1.165) is 35.6 Å². The zero-order chi connectivity index (χ0) is 22.7. The monoisotopic (exact) mass is 423 g/mol. The number of hydrogen-bond acceptors (Lipinski definition) is 3. The highest BCUT2D eigenvalue weighted by Crippen LogP contribution is 2.24. The van der Waals surface area contributed by atoms with Gasteiger partial charge in [0.05, 0.1) is 0 Å². The summed E-state index contributed by atoms with van der Waals surface area (Å²) in [4.78, 5) is 7.38. The topological polar surface area (TPSA) is 9.72 Å². The Kier molecular flexibility index (Phi) is 13.8. The fraction of sp³-hybridized carbons (Fsp3) is 1.00. The predicted molar refractivity (Wildman–Crippen MR) is 135 cm³/mol. The molecule has 0 aromatic carbocycles. The third-order valence-electron chi connectivity index (χ3n) is 7.72. The quantitative estimate of drug-likeness (QED) is 0.541. The summed E-state index contributed by atoms with van der Waals surface area (Å²) in [5.74, 6) is 4.59. The zero-order valence-corrected chi connectivity index (χ0v) is 22.3. The molecule has 0 radical (unpaired) electrons. The first-order valence-electron chi connectivity index (χ1n) is 13.2. The third-order valence-corrected chi connectivity index (χ3v) is 7.72. The zero-order valence-electron chi connectivity index (χ0n) is 22.3. The van der Waals surface area contributed by atoms with Crippen molar-refractivity contribution in [3.63, 3.8) is 0 Å². The highest BCUT2D eigenvalue weighted by molar-refractivity contribution is 4.77. The summed E-state index contributed by atoms with van der Waals surface area (Å²) in [7, 11) is 6.70. The Balaban J connectivity index is 0.000000225. The molecule has 3 heterocycles. The van der Waals surface area contributed by atoms with E-state index in [0.29, 0.717) is 0 Å². The van der Waals surface area contributed by atoms with Crippen LogP contribution >= 0.6 is 0 Å². The van der Waals surface area contributed by atoms with Gasteiger partial charge in [-0.25, -0.2) is 0 Å². The Hall–Kier alpha value is -0.120. The molecule has 3 nitrogen and oxygen atoms in total. The summed E-state index contributed by atoms with van der Waals surface area (Å²) in [6.45, 7) is 20.5. The van der Waals surface area contributed by atoms with Crippen LogP contribution in [0.1, 0.15) is 86.5 Å². The Morgan fingerprint density at radius 2 is 1.20 bits per heavy atom. The summed E-state index contributed by atoms with van der Waals surface area (Å²) in [5, 5.41) is 0. The molecule has 2 atom stereocenters. The van der Waals surface area contributed by atoms with E-state index in [9.17, 15) is 0 Å². The van der Waals surface area contributed by atoms with Gasteiger partial charge in [-0.1, -0.05) is 41.5 Å². The summed E-state index contributed by atoms with van der Waals surface area (Å²) >= 11 is 0. The number of piperidine rings is 2. The molecule has 0 spiro atoms. The number of hydrogen-bond donors (Lipinski definition) is 0. The van der Waals surface area contributed by atoms with E-state index in [1.165, 1.54) is 77.7 Å². The van der Waals surface area contributed by atoms with Crippen molar-refractivity contribution in [3.05, 3.63) is 0 Å². The van der Waals surface area contributed by atoms with Gasteiger partial charge in [0.1, 0.15) is 0 Å². The molecule has 3 aliphatic rings. The SMILES string of the molecule is CC(C)C1CCN(C)CC1.CC(C)C[C@H]1CCCN1C.CC(C)[C@H]1CCCN(C)C1. The van der Waals surface area contributed by atoms with Gasteiger partial charge in [0.2, 0.25) is 0 Å². The Labute approximate surface area is 191 Å². The maximum Gasteiger partial charge on any atom is 0.00951 e. The minimum Gasteiger partial charge on any atom is -0.306 e. The van der Waals surface area contributed by atoms with E-state index >= 15 is 0 Å². The molecule has 3 saturated heterocycles. The summed E-state index contributed by atoms with van der Waals surface area (Å²) < 4.78 is 0. The lowest BCUT2D eigenvalue weighted by Gasteiger charge is -2.31. The Morgan fingerprint density at radius 1 is 0.633 bits per heavy atom. The number of nitrogens with zero attached hydrogens (tertiary/aromatic N) is 3. The van der Waals surface area contributed by atoms with Gasteiger partial charge in [-0.2, -0.15) is 0 Å². The molecule has 0 saturated carbocycles. The number of rotatable bonds is 4. The largest absolute Gasteiger partial charge is 0.306 e. The van der Waals surface area contributed by atoms with Gasteiger partial charge in [0.15, 0.2) is 0 Å². The molecule has 0 aromatic rings. The van der Waals surface area contributed by atoms with Crippen LogP contribution in [0.5, 0.6) is 0 Å². The van der Waals surface area contributed by atoms with Crippen molar-refractivity contribution in [2.45, 2.75) is 92.5 Å². The smallest absolute Gasteiger partial charge is 0.00951 e. The van der Waals surface area contributed by atoms with Crippen LogP contribution in [0, 0.1) is 29.6 Å². The van der Waals surface area contributed by atoms with Crippen molar-refractivity contribution in [3.8, 4) is 0 Å². The standard InChI is InChI=1S/3C9H19N/c1-8(2)9-4-6-10(3)7-5-9;1-8(2)9-5-4-6-10(3)7-9;1-8(2)7-9-5-4-6-10(9)3/h3*8-9H,4-7H2,1-3H3/t;2*9-/m.01/s1. The molecule has 0 aliphatic carbocycles. The molecule has 0 bridgehead atoms. The van der Waals surface area contributed by atoms with Gasteiger partial charge in [0.25, 0.3) is 0 Å². The first-order valence-corrected chi connectivity index (χ1v) is 13.2. The van der Waals surface area contributed by atoms with Crippen LogP contribution in [0.3, 0.4) is 0 Å². The minimum absolute atomic E-state index is 0.866. The second-order valence-electron chi connectivity index (χ2n) is 11.7. The average molecular weight is 424 g/mol. The Morgan fingerprint density at radius 3 is 1.60 bits per heavy atom. The molecule has 3 rings (SSSR count). The van der Waals surface area contributed by atoms with E-state index in [1.807, 2.05) is 0 Å². The summed E-state index contributed by atoms with van der Waals surface area (Å²) in [5.41, 5.74) is 0. The molecule has 30 heavy (non-hydrogen) atoms. The molecule has 3 heteroatoms. The van der Waals surface area contributed by atoms with Gasteiger partial charge >= 0.3 is 0 Å². The van der Waals surface area contributed by atoms with Crippen LogP contribution in [-0.2, 0) is 0 Å². The fourth-order valence-electron chi connectivity index (χ4n) is 5.27. The second kappa shape index (κ2) is 14.9. The van der Waals surface area contributed by atoms with Crippen LogP contribution in [0.15, 0.2) is 0 Å². The normalized spacial score (nSPS) is 27.2. The van der Waals surface area contributed by atoms with E-state index in [1.54, 1.807) is 0 Å². The molecule has 0 unspecified atom stereocenters. The van der Waals surface area contributed by atoms with Crippen LogP contribution < -0.4 is 0 Å². The predicted octanol–water partition coefficient (Wildman–Crippen LogP) is 6.10. The van der Waals surface area contributed by atoms with Crippen molar-refractivity contribution >= 4 is 0 Å². The van der Waals surface area contributed by atoms with E-state index in [-0.39, 0.29) is 0 Å². The summed E-state index contributed by atoms with van der Waals surface area (Å²) in [6, 6.07) is 0.889. The molecule has 0 aromatic heterocycles. The van der Waals surface area contributed by atoms with Crippen LogP contribution in [0.2, 0.25) is 0 Å². The third kappa shape index (κ3) is 11.5. The van der Waals surface area contributed by atoms with Crippen molar-refractivity contribution < 1.29 is 0 Å². The van der Waals surface area contributed by atoms with E-state index in [4.69, 9.17) is 0 Å². The maximum atomic E-state index is 2.50. The van der Waals surface area contributed by atoms with Crippen LogP contribution in [0.25, 0.3) is 0 Å². The fourth-order valence-corrected chi connectivity index (χ4v) is 5.27. The van der Waals surface area contributed by atoms with Crippen molar-refractivity contribution in [1.29, 1.82) is 0 Å². The van der Waals surface area contributed by atoms with Gasteiger partial charge in [-0.15, -0.1) is 0 Å². The lowest BCUT2D eigenvalue weighted by Crippen LogP contribution is -2.34. The van der Waals surface area contributed by atoms with Crippen molar-refractivity contribution in [2.75, 3.05) is 53.9 Å². The Bertz CT molecular complexity index is 412. The van der Waals surface area contributed by atoms with E-state index in [2.05, 4.69) is 77.4 Å². The van der Waals surface area contributed by atoms with Crippen molar-refractivity contribution in [2.24, 2.45) is 29.6 Å². The highest BCUT2D eigenvalue weighted by Gasteiger charge is 2.21. The van der Waals surface area contributed by atoms with Crippen molar-refractivity contribution in [1.82, 2.24) is 14.7 Å². The average Bonchev–Trinajstić information content (AvgIpc) is 3.07. The van der Waals surface area contributed by atoms with Crippen LogP contribution in [0.4, 0.5) is 0 Å². The molecule has 3 fully saturated rings. The molecule has 180 valence electrons. The lowest BCUT2D eigenvalue weighted by atomic mass is 9.87. The van der Waals surface area contributed by atoms with Gasteiger partial charge in [-0.05, 0) is 122 Å². The molecule has 0 N–H and O–H groups in total. The first kappa shape index (κ1) is 27.9. The van der Waals surface area contributed by atoms with E-state index < -0.39 is 0 Å². The highest BCUT2D eigenvalue weighted by atomic mass is 15.1. The lowest BCUT2D eigenvalue weighted by molar-refractivity contribution is 0.173. The van der Waals surface area contributed by atoms with Gasteiger partial charge in [-0.3, -0.25) is 0 Å². The van der Waals surface area contributed by atoms with Gasteiger partial charge < -0.3 is 14.7 Å². The molecule has 3 aliphatic heterocycles.